The molecule has 150 valence electrons. The lowest BCUT2D eigenvalue weighted by Gasteiger charge is -2.24. The Morgan fingerprint density at radius 1 is 1.39 bits per heavy atom. The minimum Gasteiger partial charge on any atom is -0.470 e. The number of nitrogens with zero attached hydrogens (tertiary/aromatic N) is 1. The van der Waals surface area contributed by atoms with Crippen molar-refractivity contribution in [3.05, 3.63) is 34.4 Å². The zero-order valence-electron chi connectivity index (χ0n) is 16.8. The van der Waals surface area contributed by atoms with Crippen LogP contribution in [0.25, 0.3) is 10.9 Å². The van der Waals surface area contributed by atoms with Crippen LogP contribution in [-0.2, 0) is 9.53 Å². The summed E-state index contributed by atoms with van der Waals surface area (Å²) >= 11 is 4.77. The van der Waals surface area contributed by atoms with Crippen molar-refractivity contribution in [2.24, 2.45) is 0 Å². The van der Waals surface area contributed by atoms with Crippen LogP contribution in [0, 0.1) is 18.8 Å². The number of pyridine rings is 1. The number of thioether (sulfide) groups is 1. The summed E-state index contributed by atoms with van der Waals surface area (Å²) in [5.74, 6) is 6.34. The Bertz CT molecular complexity index is 906. The quantitative estimate of drug-likeness (QED) is 0.375. The van der Waals surface area contributed by atoms with Gasteiger partial charge in [0.1, 0.15) is 12.4 Å². The van der Waals surface area contributed by atoms with Crippen LogP contribution in [0.3, 0.4) is 0 Å². The molecule has 0 aliphatic carbocycles. The Kier molecular flexibility index (Phi) is 8.17. The van der Waals surface area contributed by atoms with Gasteiger partial charge in [0.25, 0.3) is 5.91 Å². The second-order valence-electron chi connectivity index (χ2n) is 6.70. The average Bonchev–Trinajstić information content (AvgIpc) is 2.62. The number of aryl methyl sites for hydroxylation is 1. The molecule has 0 saturated carbocycles. The normalized spacial score (nSPS) is 12.2. The van der Waals surface area contributed by atoms with E-state index >= 15 is 0 Å². The maximum atomic E-state index is 12.7. The fourth-order valence-corrected chi connectivity index (χ4v) is 3.41. The van der Waals surface area contributed by atoms with Crippen molar-refractivity contribution in [1.29, 1.82) is 0 Å². The number of benzene rings is 1. The lowest BCUT2D eigenvalue weighted by Crippen LogP contribution is -2.47. The molecule has 0 bridgehead atoms. The first-order chi connectivity index (χ1) is 13.3. The first-order valence-corrected chi connectivity index (χ1v) is 11.0. The summed E-state index contributed by atoms with van der Waals surface area (Å²) < 4.78 is 12.1. The van der Waals surface area contributed by atoms with Crippen molar-refractivity contribution < 1.29 is 14.3 Å². The highest BCUT2D eigenvalue weighted by atomic mass is 79.9. The van der Waals surface area contributed by atoms with Gasteiger partial charge < -0.3 is 14.8 Å². The van der Waals surface area contributed by atoms with Gasteiger partial charge in [-0.15, -0.1) is 11.8 Å². The molecule has 0 aliphatic rings. The predicted molar refractivity (Wildman–Crippen MR) is 119 cm³/mol. The molecule has 28 heavy (non-hydrogen) atoms. The number of fused-ring (bicyclic) bond motifs is 1. The second kappa shape index (κ2) is 10.1. The van der Waals surface area contributed by atoms with Crippen molar-refractivity contribution in [3.63, 3.8) is 0 Å². The highest BCUT2D eigenvalue weighted by Gasteiger charge is 2.25. The Morgan fingerprint density at radius 3 is 2.82 bits per heavy atom. The van der Waals surface area contributed by atoms with Gasteiger partial charge in [-0.25, -0.2) is 0 Å². The van der Waals surface area contributed by atoms with Crippen LogP contribution in [0.5, 0.6) is 5.75 Å². The molecule has 1 unspecified atom stereocenters. The van der Waals surface area contributed by atoms with E-state index in [9.17, 15) is 4.79 Å². The van der Waals surface area contributed by atoms with E-state index in [0.29, 0.717) is 19.0 Å². The summed E-state index contributed by atoms with van der Waals surface area (Å²) in [6.07, 6.45) is 3.60. The number of halogens is 1. The number of amides is 1. The molecular weight excluding hydrogens is 440 g/mol. The molecule has 0 saturated heterocycles. The summed E-state index contributed by atoms with van der Waals surface area (Å²) in [7, 11) is 0. The zero-order chi connectivity index (χ0) is 20.7. The maximum absolute atomic E-state index is 12.7. The molecule has 7 heteroatoms. The molecule has 0 aliphatic heterocycles. The van der Waals surface area contributed by atoms with Gasteiger partial charge in [0.15, 0.2) is 0 Å². The molecule has 2 rings (SSSR count). The average molecular weight is 465 g/mol. The monoisotopic (exact) mass is 464 g/mol. The van der Waals surface area contributed by atoms with Crippen LogP contribution in [0.15, 0.2) is 28.9 Å². The van der Waals surface area contributed by atoms with E-state index in [-0.39, 0.29) is 5.91 Å². The van der Waals surface area contributed by atoms with E-state index in [2.05, 4.69) is 38.1 Å². The van der Waals surface area contributed by atoms with Crippen LogP contribution < -0.4 is 10.1 Å². The van der Waals surface area contributed by atoms with Crippen LogP contribution in [-0.4, -0.2) is 41.3 Å². The lowest BCUT2D eigenvalue weighted by molar-refractivity contribution is -0.125. The molecule has 2 aromatic rings. The van der Waals surface area contributed by atoms with Crippen LogP contribution in [0.1, 0.15) is 26.3 Å². The van der Waals surface area contributed by atoms with Gasteiger partial charge in [0.2, 0.25) is 5.44 Å². The summed E-state index contributed by atoms with van der Waals surface area (Å²) in [4.78, 5) is 17.1. The molecule has 1 N–H and O–H groups in total. The number of hydrogen-bond acceptors (Lipinski definition) is 5. The van der Waals surface area contributed by atoms with E-state index in [1.807, 2.05) is 52.1 Å². The van der Waals surface area contributed by atoms with Gasteiger partial charge in [0, 0.05) is 22.7 Å². The van der Waals surface area contributed by atoms with E-state index in [4.69, 9.17) is 9.47 Å². The highest BCUT2D eigenvalue weighted by molar-refractivity contribution is 9.10. The third kappa shape index (κ3) is 6.40. The van der Waals surface area contributed by atoms with Crippen LogP contribution >= 0.6 is 27.7 Å². The van der Waals surface area contributed by atoms with Crippen molar-refractivity contribution in [1.82, 2.24) is 10.3 Å². The van der Waals surface area contributed by atoms with Crippen molar-refractivity contribution >= 4 is 44.5 Å². The first-order valence-electron chi connectivity index (χ1n) is 8.91. The van der Waals surface area contributed by atoms with Crippen LogP contribution in [0.4, 0.5) is 0 Å². The van der Waals surface area contributed by atoms with Gasteiger partial charge in [0.05, 0.1) is 11.1 Å². The predicted octanol–water partition coefficient (Wildman–Crippen LogP) is 4.31. The Hall–Kier alpha value is -1.75. The maximum Gasteiger partial charge on any atom is 0.272 e. The number of rotatable bonds is 7. The fraction of sp³-hybridized carbons (Fsp3) is 0.429. The Balaban J connectivity index is 2.13. The SMILES string of the molecule is CCOCC#CC(C)(C)NC(=O)C(Oc1cc(C)c2ncc(Br)cc2c1)SC. The molecule has 1 aromatic heterocycles. The molecule has 1 heterocycles. The molecule has 1 aromatic carbocycles. The van der Waals surface area contributed by atoms with Gasteiger partial charge in [-0.2, -0.15) is 0 Å². The Morgan fingerprint density at radius 2 is 2.14 bits per heavy atom. The van der Waals surface area contributed by atoms with Gasteiger partial charge in [-0.05, 0) is 73.6 Å². The molecule has 1 amide bonds. The number of ether oxygens (including phenoxy) is 2. The summed E-state index contributed by atoms with van der Waals surface area (Å²) in [6.45, 7) is 8.55. The van der Waals surface area contributed by atoms with E-state index in [0.717, 1.165) is 20.9 Å². The standard InChI is InChI=1S/C21H25BrN2O3S/c1-6-26-9-7-8-21(3,4)24-19(25)20(28-5)27-17-10-14(2)18-15(12-17)11-16(22)13-23-18/h10-13,20H,6,9H2,1-5H3,(H,24,25). The second-order valence-corrected chi connectivity index (χ2v) is 8.52. The van der Waals surface area contributed by atoms with Gasteiger partial charge in [-0.1, -0.05) is 11.8 Å². The smallest absolute Gasteiger partial charge is 0.272 e. The van der Waals surface area contributed by atoms with Gasteiger partial charge >= 0.3 is 0 Å². The Labute approximate surface area is 179 Å². The van der Waals surface area contributed by atoms with E-state index in [1.165, 1.54) is 11.8 Å². The molecule has 5 nitrogen and oxygen atoms in total. The third-order valence-corrected chi connectivity index (χ3v) is 4.97. The number of aromatic nitrogens is 1. The molecule has 0 radical (unpaired) electrons. The van der Waals surface area contributed by atoms with Crippen molar-refractivity contribution in [2.75, 3.05) is 19.5 Å². The largest absolute Gasteiger partial charge is 0.470 e. The number of carbonyl (C=O) groups is 1. The third-order valence-electron chi connectivity index (χ3n) is 3.80. The van der Waals surface area contributed by atoms with Crippen molar-refractivity contribution in [2.45, 2.75) is 38.7 Å². The zero-order valence-corrected chi connectivity index (χ0v) is 19.2. The van der Waals surface area contributed by atoms with Crippen LogP contribution in [0.2, 0.25) is 0 Å². The first kappa shape index (κ1) is 22.5. The topological polar surface area (TPSA) is 60.5 Å². The molecule has 1 atom stereocenters. The van der Waals surface area contributed by atoms with Crippen molar-refractivity contribution in [3.8, 4) is 17.6 Å². The highest BCUT2D eigenvalue weighted by Crippen LogP contribution is 2.27. The number of hydrogen-bond donors (Lipinski definition) is 1. The minimum atomic E-state index is -0.690. The number of nitrogens with one attached hydrogen (secondary N) is 1. The summed E-state index contributed by atoms with van der Waals surface area (Å²) in [5, 5.41) is 3.88. The van der Waals surface area contributed by atoms with Gasteiger partial charge in [-0.3, -0.25) is 9.78 Å². The lowest BCUT2D eigenvalue weighted by atomic mass is 10.1. The summed E-state index contributed by atoms with van der Waals surface area (Å²) in [6, 6.07) is 5.77. The molecule has 0 fully saturated rings. The molecule has 0 spiro atoms. The van der Waals surface area contributed by atoms with E-state index < -0.39 is 11.0 Å². The number of carbonyl (C=O) groups excluding carboxylic acids is 1. The molecular formula is C21H25BrN2O3S. The summed E-state index contributed by atoms with van der Waals surface area (Å²) in [5.41, 5.74) is 0.526. The minimum absolute atomic E-state index is 0.228. The van der Waals surface area contributed by atoms with E-state index in [1.54, 1.807) is 6.20 Å². The fourth-order valence-electron chi connectivity index (χ4n) is 2.58.